The number of aromatic nitrogens is 1. The number of para-hydroxylation sites is 1. The van der Waals surface area contributed by atoms with Crippen molar-refractivity contribution >= 4 is 33.7 Å². The highest BCUT2D eigenvalue weighted by Gasteiger charge is 2.02. The first kappa shape index (κ1) is 12.8. The summed E-state index contributed by atoms with van der Waals surface area (Å²) >= 11 is 1.61. The molecular formula is C16H12FNOS. The molecule has 3 rings (SSSR count). The first-order chi connectivity index (χ1) is 9.76. The first-order valence-corrected chi connectivity index (χ1v) is 6.95. The van der Waals surface area contributed by atoms with Crippen molar-refractivity contribution in [3.05, 3.63) is 58.9 Å². The second kappa shape index (κ2) is 5.43. The van der Waals surface area contributed by atoms with Crippen LogP contribution in [0.1, 0.15) is 10.6 Å². The molecule has 0 saturated carbocycles. The third kappa shape index (κ3) is 2.56. The van der Waals surface area contributed by atoms with Gasteiger partial charge in [-0.25, -0.2) is 9.37 Å². The van der Waals surface area contributed by atoms with Gasteiger partial charge in [0.25, 0.3) is 0 Å². The minimum Gasteiger partial charge on any atom is -0.494 e. The van der Waals surface area contributed by atoms with Gasteiger partial charge >= 0.3 is 0 Å². The van der Waals surface area contributed by atoms with Crippen molar-refractivity contribution in [1.29, 1.82) is 0 Å². The number of rotatable bonds is 3. The fourth-order valence-corrected chi connectivity index (χ4v) is 2.79. The van der Waals surface area contributed by atoms with E-state index < -0.39 is 0 Å². The number of halogens is 1. The standard InChI is InChI=1S/C16H12FNOS/c1-19-14-8-6-11(10-12(14)17)7-9-16-18-13-4-2-3-5-15(13)20-16/h2-10H,1H3/b9-7+. The van der Waals surface area contributed by atoms with Gasteiger partial charge in [0.1, 0.15) is 5.01 Å². The summed E-state index contributed by atoms with van der Waals surface area (Å²) in [5.74, 6) is -0.110. The largest absolute Gasteiger partial charge is 0.494 e. The molecular weight excluding hydrogens is 273 g/mol. The minimum atomic E-state index is -0.362. The zero-order valence-electron chi connectivity index (χ0n) is 10.8. The predicted molar refractivity (Wildman–Crippen MR) is 81.5 cm³/mol. The minimum absolute atomic E-state index is 0.252. The Labute approximate surface area is 120 Å². The van der Waals surface area contributed by atoms with Crippen molar-refractivity contribution in [2.45, 2.75) is 0 Å². The summed E-state index contributed by atoms with van der Waals surface area (Å²) in [5.41, 5.74) is 1.76. The fraction of sp³-hybridized carbons (Fsp3) is 0.0625. The Hall–Kier alpha value is -2.20. The van der Waals surface area contributed by atoms with Crippen LogP contribution in [0.4, 0.5) is 4.39 Å². The Bertz CT molecular complexity index is 746. The number of hydrogen-bond acceptors (Lipinski definition) is 3. The van der Waals surface area contributed by atoms with Crippen LogP contribution in [0, 0.1) is 5.82 Å². The number of hydrogen-bond donors (Lipinski definition) is 0. The molecule has 1 heterocycles. The maximum absolute atomic E-state index is 13.6. The van der Waals surface area contributed by atoms with E-state index in [2.05, 4.69) is 4.98 Å². The molecule has 0 aliphatic heterocycles. The molecule has 0 N–H and O–H groups in total. The molecule has 1 aromatic heterocycles. The number of thiazole rings is 1. The van der Waals surface area contributed by atoms with E-state index in [0.717, 1.165) is 20.8 Å². The lowest BCUT2D eigenvalue weighted by Gasteiger charge is -2.01. The van der Waals surface area contributed by atoms with Gasteiger partial charge in [0, 0.05) is 0 Å². The van der Waals surface area contributed by atoms with Crippen LogP contribution in [0.25, 0.3) is 22.4 Å². The van der Waals surface area contributed by atoms with E-state index in [4.69, 9.17) is 4.74 Å². The van der Waals surface area contributed by atoms with Crippen molar-refractivity contribution in [1.82, 2.24) is 4.98 Å². The van der Waals surface area contributed by atoms with Crippen molar-refractivity contribution < 1.29 is 9.13 Å². The summed E-state index contributed by atoms with van der Waals surface area (Å²) in [6, 6.07) is 12.9. The highest BCUT2D eigenvalue weighted by molar-refractivity contribution is 7.19. The summed E-state index contributed by atoms with van der Waals surface area (Å²) in [6.07, 6.45) is 3.74. The molecule has 0 spiro atoms. The van der Waals surface area contributed by atoms with Gasteiger partial charge in [-0.1, -0.05) is 24.3 Å². The van der Waals surface area contributed by atoms with E-state index >= 15 is 0 Å². The Morgan fingerprint density at radius 3 is 2.75 bits per heavy atom. The SMILES string of the molecule is COc1ccc(/C=C/c2nc3ccccc3s2)cc1F. The Balaban J connectivity index is 1.88. The van der Waals surface area contributed by atoms with Crippen LogP contribution in [0.5, 0.6) is 5.75 Å². The van der Waals surface area contributed by atoms with E-state index in [-0.39, 0.29) is 11.6 Å². The molecule has 0 aliphatic carbocycles. The van der Waals surface area contributed by atoms with E-state index in [1.165, 1.54) is 13.2 Å². The lowest BCUT2D eigenvalue weighted by Crippen LogP contribution is -1.87. The maximum Gasteiger partial charge on any atom is 0.165 e. The van der Waals surface area contributed by atoms with E-state index in [9.17, 15) is 4.39 Å². The van der Waals surface area contributed by atoms with Gasteiger partial charge in [-0.15, -0.1) is 11.3 Å². The molecule has 0 radical (unpaired) electrons. The smallest absolute Gasteiger partial charge is 0.165 e. The number of nitrogens with zero attached hydrogens (tertiary/aromatic N) is 1. The number of benzene rings is 2. The molecule has 2 nitrogen and oxygen atoms in total. The van der Waals surface area contributed by atoms with Crippen molar-refractivity contribution in [3.8, 4) is 5.75 Å². The van der Waals surface area contributed by atoms with Gasteiger partial charge in [0.05, 0.1) is 17.3 Å². The van der Waals surface area contributed by atoms with Crippen molar-refractivity contribution in [2.75, 3.05) is 7.11 Å². The number of methoxy groups -OCH3 is 1. The molecule has 2 aromatic carbocycles. The predicted octanol–water partition coefficient (Wildman–Crippen LogP) is 4.61. The fourth-order valence-electron chi connectivity index (χ4n) is 1.92. The Morgan fingerprint density at radius 1 is 1.15 bits per heavy atom. The first-order valence-electron chi connectivity index (χ1n) is 6.13. The highest BCUT2D eigenvalue weighted by atomic mass is 32.1. The number of ether oxygens (including phenoxy) is 1. The van der Waals surface area contributed by atoms with E-state index in [1.54, 1.807) is 17.4 Å². The van der Waals surface area contributed by atoms with Crippen molar-refractivity contribution in [2.24, 2.45) is 0 Å². The van der Waals surface area contributed by atoms with Gasteiger partial charge in [0.2, 0.25) is 0 Å². The summed E-state index contributed by atoms with van der Waals surface area (Å²) in [7, 11) is 1.45. The topological polar surface area (TPSA) is 22.1 Å². The average molecular weight is 285 g/mol. The molecule has 0 fully saturated rings. The van der Waals surface area contributed by atoms with Gasteiger partial charge in [-0.2, -0.15) is 0 Å². The third-order valence-electron chi connectivity index (χ3n) is 2.90. The molecule has 0 bridgehead atoms. The lowest BCUT2D eigenvalue weighted by atomic mass is 10.2. The third-order valence-corrected chi connectivity index (χ3v) is 3.91. The van der Waals surface area contributed by atoms with Crippen LogP contribution in [-0.2, 0) is 0 Å². The van der Waals surface area contributed by atoms with E-state index in [0.29, 0.717) is 0 Å². The van der Waals surface area contributed by atoms with Gasteiger partial charge < -0.3 is 4.74 Å². The number of fused-ring (bicyclic) bond motifs is 1. The molecule has 0 unspecified atom stereocenters. The average Bonchev–Trinajstić information content (AvgIpc) is 2.88. The summed E-state index contributed by atoms with van der Waals surface area (Å²) < 4.78 is 19.6. The lowest BCUT2D eigenvalue weighted by molar-refractivity contribution is 0.386. The zero-order chi connectivity index (χ0) is 13.9. The van der Waals surface area contributed by atoms with Crippen LogP contribution in [-0.4, -0.2) is 12.1 Å². The van der Waals surface area contributed by atoms with Gasteiger partial charge in [0.15, 0.2) is 11.6 Å². The second-order valence-electron chi connectivity index (χ2n) is 4.25. The monoisotopic (exact) mass is 285 g/mol. The normalized spacial score (nSPS) is 11.3. The van der Waals surface area contributed by atoms with Crippen molar-refractivity contribution in [3.63, 3.8) is 0 Å². The van der Waals surface area contributed by atoms with Gasteiger partial charge in [-0.05, 0) is 35.9 Å². The quantitative estimate of drug-likeness (QED) is 0.701. The maximum atomic E-state index is 13.6. The molecule has 0 aliphatic rings. The molecule has 0 atom stereocenters. The van der Waals surface area contributed by atoms with Crippen LogP contribution < -0.4 is 4.74 Å². The zero-order valence-corrected chi connectivity index (χ0v) is 11.7. The van der Waals surface area contributed by atoms with E-state index in [1.807, 2.05) is 42.5 Å². The van der Waals surface area contributed by atoms with Crippen LogP contribution >= 0.6 is 11.3 Å². The summed E-state index contributed by atoms with van der Waals surface area (Å²) in [5, 5.41) is 0.905. The molecule has 0 amide bonds. The molecule has 4 heteroatoms. The van der Waals surface area contributed by atoms with Crippen LogP contribution in [0.2, 0.25) is 0 Å². The molecule has 3 aromatic rings. The molecule has 0 saturated heterocycles. The summed E-state index contributed by atoms with van der Waals surface area (Å²) in [6.45, 7) is 0. The molecule has 20 heavy (non-hydrogen) atoms. The van der Waals surface area contributed by atoms with Crippen LogP contribution in [0.3, 0.4) is 0 Å². The molecule has 100 valence electrons. The second-order valence-corrected chi connectivity index (χ2v) is 5.31. The summed E-state index contributed by atoms with van der Waals surface area (Å²) in [4.78, 5) is 4.50. The Kier molecular flexibility index (Phi) is 3.48. The van der Waals surface area contributed by atoms with Gasteiger partial charge in [-0.3, -0.25) is 0 Å². The Morgan fingerprint density at radius 2 is 2.00 bits per heavy atom. The van der Waals surface area contributed by atoms with Crippen LogP contribution in [0.15, 0.2) is 42.5 Å². The highest BCUT2D eigenvalue weighted by Crippen LogP contribution is 2.24.